The van der Waals surface area contributed by atoms with Crippen LogP contribution < -0.4 is 4.90 Å². The summed E-state index contributed by atoms with van der Waals surface area (Å²) >= 11 is 0. The third-order valence-electron chi connectivity index (χ3n) is 4.28. The molecule has 3 heteroatoms. The molecule has 1 saturated heterocycles. The molecule has 1 aromatic heterocycles. The fourth-order valence-corrected chi connectivity index (χ4v) is 3.15. The van der Waals surface area contributed by atoms with Crippen molar-refractivity contribution in [2.24, 2.45) is 5.92 Å². The van der Waals surface area contributed by atoms with Gasteiger partial charge in [-0.25, -0.2) is 0 Å². The van der Waals surface area contributed by atoms with Crippen molar-refractivity contribution in [2.45, 2.75) is 26.2 Å². The van der Waals surface area contributed by atoms with E-state index in [2.05, 4.69) is 28.9 Å². The molecule has 0 amide bonds. The molecule has 102 valence electrons. The first-order chi connectivity index (χ1) is 9.83. The molecule has 0 N–H and O–H groups in total. The summed E-state index contributed by atoms with van der Waals surface area (Å²) in [6.07, 6.45) is 5.44. The van der Waals surface area contributed by atoms with Gasteiger partial charge in [-0.3, -0.25) is 4.98 Å². The third kappa shape index (κ3) is 2.22. The molecular weight excluding hydrogens is 246 g/mol. The van der Waals surface area contributed by atoms with Gasteiger partial charge in [0.25, 0.3) is 0 Å². The number of hydrogen-bond donors (Lipinski definition) is 0. The molecule has 3 nitrogen and oxygen atoms in total. The number of benzene rings is 1. The third-order valence-corrected chi connectivity index (χ3v) is 4.28. The number of nitrogens with zero attached hydrogens (tertiary/aromatic N) is 3. The Morgan fingerprint density at radius 3 is 3.05 bits per heavy atom. The minimum atomic E-state index is 0.695. The molecule has 0 saturated carbocycles. The molecule has 1 atom stereocenters. The monoisotopic (exact) mass is 265 g/mol. The summed E-state index contributed by atoms with van der Waals surface area (Å²) < 4.78 is 0. The van der Waals surface area contributed by atoms with Gasteiger partial charge in [-0.1, -0.05) is 31.5 Å². The molecular formula is C17H19N3. The maximum Gasteiger partial charge on any atom is 0.103 e. The quantitative estimate of drug-likeness (QED) is 0.830. The Balaban J connectivity index is 2.11. The Labute approximate surface area is 119 Å². The van der Waals surface area contributed by atoms with Gasteiger partial charge >= 0.3 is 0 Å². The van der Waals surface area contributed by atoms with Crippen LogP contribution in [0, 0.1) is 17.2 Å². The highest BCUT2D eigenvalue weighted by Crippen LogP contribution is 2.32. The second-order valence-electron chi connectivity index (χ2n) is 5.51. The Kier molecular flexibility index (Phi) is 3.56. The van der Waals surface area contributed by atoms with Crippen molar-refractivity contribution in [1.29, 1.82) is 5.26 Å². The molecule has 1 aliphatic rings. The van der Waals surface area contributed by atoms with E-state index in [1.165, 1.54) is 19.3 Å². The van der Waals surface area contributed by atoms with Crippen molar-refractivity contribution in [1.82, 2.24) is 4.98 Å². The zero-order chi connectivity index (χ0) is 13.9. The highest BCUT2D eigenvalue weighted by atomic mass is 15.1. The Hall–Kier alpha value is -2.08. The Morgan fingerprint density at radius 1 is 1.40 bits per heavy atom. The summed E-state index contributed by atoms with van der Waals surface area (Å²) in [5, 5.41) is 10.5. The number of fused-ring (bicyclic) bond motifs is 1. The smallest absolute Gasteiger partial charge is 0.103 e. The van der Waals surface area contributed by atoms with Crippen LogP contribution in [0.1, 0.15) is 31.7 Å². The van der Waals surface area contributed by atoms with E-state index in [0.29, 0.717) is 5.56 Å². The molecule has 0 aliphatic carbocycles. The van der Waals surface area contributed by atoms with Crippen LogP contribution in [0.5, 0.6) is 0 Å². The summed E-state index contributed by atoms with van der Waals surface area (Å²) in [6.45, 7) is 4.35. The topological polar surface area (TPSA) is 39.9 Å². The molecule has 0 spiro atoms. The number of pyridine rings is 1. The number of rotatable bonds is 2. The summed E-state index contributed by atoms with van der Waals surface area (Å²) in [4.78, 5) is 6.79. The SMILES string of the molecule is CCC1CCCN(c2c(C#N)cnc3ccccc23)C1. The normalized spacial score (nSPS) is 19.0. The summed E-state index contributed by atoms with van der Waals surface area (Å²) in [5.41, 5.74) is 2.75. The number of anilines is 1. The zero-order valence-corrected chi connectivity index (χ0v) is 11.8. The average Bonchev–Trinajstić information content (AvgIpc) is 2.53. The van der Waals surface area contributed by atoms with Crippen LogP contribution in [-0.2, 0) is 0 Å². The van der Waals surface area contributed by atoms with E-state index < -0.39 is 0 Å². The van der Waals surface area contributed by atoms with Gasteiger partial charge in [-0.05, 0) is 24.8 Å². The highest BCUT2D eigenvalue weighted by Gasteiger charge is 2.22. The van der Waals surface area contributed by atoms with Crippen molar-refractivity contribution in [3.8, 4) is 6.07 Å². The van der Waals surface area contributed by atoms with Crippen LogP contribution in [0.15, 0.2) is 30.5 Å². The number of para-hydroxylation sites is 1. The second-order valence-corrected chi connectivity index (χ2v) is 5.51. The van der Waals surface area contributed by atoms with E-state index in [1.807, 2.05) is 18.2 Å². The lowest BCUT2D eigenvalue weighted by Crippen LogP contribution is -2.35. The standard InChI is InChI=1S/C17H19N3/c1-2-13-6-5-9-20(12-13)17-14(10-18)11-19-16-8-4-3-7-15(16)17/h3-4,7-8,11,13H,2,5-6,9,12H2,1H3. The fraction of sp³-hybridized carbons (Fsp3) is 0.412. The molecule has 2 heterocycles. The molecule has 3 rings (SSSR count). The van der Waals surface area contributed by atoms with Gasteiger partial charge in [-0.15, -0.1) is 0 Å². The van der Waals surface area contributed by atoms with Crippen molar-refractivity contribution >= 4 is 16.6 Å². The number of nitriles is 1. The summed E-state index contributed by atoms with van der Waals surface area (Å²) in [5.74, 6) is 0.738. The van der Waals surface area contributed by atoms with Crippen molar-refractivity contribution in [3.05, 3.63) is 36.0 Å². The number of aromatic nitrogens is 1. The van der Waals surface area contributed by atoms with E-state index >= 15 is 0 Å². The van der Waals surface area contributed by atoms with E-state index in [1.54, 1.807) is 6.20 Å². The van der Waals surface area contributed by atoms with Gasteiger partial charge in [0.05, 0.1) is 16.8 Å². The van der Waals surface area contributed by atoms with E-state index in [4.69, 9.17) is 0 Å². The van der Waals surface area contributed by atoms with Crippen molar-refractivity contribution in [2.75, 3.05) is 18.0 Å². The first kappa shape index (κ1) is 12.9. The maximum atomic E-state index is 9.41. The largest absolute Gasteiger partial charge is 0.370 e. The fourth-order valence-electron chi connectivity index (χ4n) is 3.15. The molecule has 2 aromatic rings. The molecule has 1 aliphatic heterocycles. The van der Waals surface area contributed by atoms with Gasteiger partial charge in [0.2, 0.25) is 0 Å². The predicted octanol–water partition coefficient (Wildman–Crippen LogP) is 3.73. The molecule has 1 unspecified atom stereocenters. The minimum Gasteiger partial charge on any atom is -0.370 e. The van der Waals surface area contributed by atoms with Crippen LogP contribution in [0.2, 0.25) is 0 Å². The predicted molar refractivity (Wildman–Crippen MR) is 81.7 cm³/mol. The maximum absolute atomic E-state index is 9.41. The van der Waals surface area contributed by atoms with Crippen molar-refractivity contribution < 1.29 is 0 Å². The summed E-state index contributed by atoms with van der Waals surface area (Å²) in [6, 6.07) is 10.4. The van der Waals surface area contributed by atoms with Crippen LogP contribution >= 0.6 is 0 Å². The second kappa shape index (κ2) is 5.50. The molecule has 20 heavy (non-hydrogen) atoms. The van der Waals surface area contributed by atoms with Crippen LogP contribution in [0.4, 0.5) is 5.69 Å². The molecule has 0 radical (unpaired) electrons. The van der Waals surface area contributed by atoms with Crippen LogP contribution in [0.3, 0.4) is 0 Å². The number of piperidine rings is 1. The zero-order valence-electron chi connectivity index (χ0n) is 11.8. The van der Waals surface area contributed by atoms with Gasteiger partial charge in [0, 0.05) is 24.7 Å². The van der Waals surface area contributed by atoms with E-state index in [-0.39, 0.29) is 0 Å². The first-order valence-electron chi connectivity index (χ1n) is 7.36. The van der Waals surface area contributed by atoms with Gasteiger partial charge in [-0.2, -0.15) is 5.26 Å². The minimum absolute atomic E-state index is 0.695. The Bertz CT molecular complexity index is 657. The van der Waals surface area contributed by atoms with E-state index in [9.17, 15) is 5.26 Å². The molecule has 1 aromatic carbocycles. The van der Waals surface area contributed by atoms with Crippen LogP contribution in [-0.4, -0.2) is 18.1 Å². The van der Waals surface area contributed by atoms with Gasteiger partial charge < -0.3 is 4.90 Å². The van der Waals surface area contributed by atoms with Gasteiger partial charge in [0.1, 0.15) is 6.07 Å². The molecule has 0 bridgehead atoms. The lowest BCUT2D eigenvalue weighted by atomic mass is 9.94. The lowest BCUT2D eigenvalue weighted by molar-refractivity contribution is 0.405. The average molecular weight is 265 g/mol. The number of hydrogen-bond acceptors (Lipinski definition) is 3. The highest BCUT2D eigenvalue weighted by molar-refractivity contribution is 5.94. The summed E-state index contributed by atoms with van der Waals surface area (Å²) in [7, 11) is 0. The Morgan fingerprint density at radius 2 is 2.25 bits per heavy atom. The van der Waals surface area contributed by atoms with Gasteiger partial charge in [0.15, 0.2) is 0 Å². The van der Waals surface area contributed by atoms with E-state index in [0.717, 1.165) is 35.6 Å². The van der Waals surface area contributed by atoms with Crippen LogP contribution in [0.25, 0.3) is 10.9 Å². The van der Waals surface area contributed by atoms with Crippen molar-refractivity contribution in [3.63, 3.8) is 0 Å². The lowest BCUT2D eigenvalue weighted by Gasteiger charge is -2.35. The first-order valence-corrected chi connectivity index (χ1v) is 7.36. The molecule has 1 fully saturated rings.